The standard InChI is InChI=1S/C22H23N5O4S/c1-4-6-14-18-19(27(3)25-14)22(29)24-20(23-18)13-11-12(7-8-15(13)31-5-2)16-9-10-17(32-16)21(28)26-30/h7-11,30H,4-6H2,1-3H3,(H,26,28)(H,23,24,29). The molecule has 0 spiro atoms. The van der Waals surface area contributed by atoms with Gasteiger partial charge in [-0.1, -0.05) is 13.3 Å². The van der Waals surface area contributed by atoms with Crippen molar-refractivity contribution in [1.29, 1.82) is 0 Å². The van der Waals surface area contributed by atoms with E-state index in [4.69, 9.17) is 14.9 Å². The number of carbonyl (C=O) groups excluding carboxylic acids is 1. The van der Waals surface area contributed by atoms with Crippen LogP contribution in [0.3, 0.4) is 0 Å². The van der Waals surface area contributed by atoms with Gasteiger partial charge in [0.1, 0.15) is 17.1 Å². The largest absolute Gasteiger partial charge is 0.493 e. The summed E-state index contributed by atoms with van der Waals surface area (Å²) in [6.07, 6.45) is 1.61. The molecule has 0 aliphatic heterocycles. The number of hydrogen-bond acceptors (Lipinski definition) is 7. The van der Waals surface area contributed by atoms with Crippen LogP contribution in [-0.2, 0) is 13.5 Å². The highest BCUT2D eigenvalue weighted by Crippen LogP contribution is 2.36. The molecular weight excluding hydrogens is 430 g/mol. The summed E-state index contributed by atoms with van der Waals surface area (Å²) in [5.41, 5.74) is 4.63. The molecule has 1 amide bonds. The lowest BCUT2D eigenvalue weighted by Crippen LogP contribution is -2.16. The molecule has 3 aromatic heterocycles. The lowest BCUT2D eigenvalue weighted by Gasteiger charge is -2.11. The summed E-state index contributed by atoms with van der Waals surface area (Å²) in [5.74, 6) is 0.413. The van der Waals surface area contributed by atoms with Gasteiger partial charge in [0.25, 0.3) is 11.5 Å². The van der Waals surface area contributed by atoms with Gasteiger partial charge in [-0.25, -0.2) is 10.5 Å². The molecule has 0 aliphatic carbocycles. The van der Waals surface area contributed by atoms with Gasteiger partial charge in [0.2, 0.25) is 0 Å². The van der Waals surface area contributed by atoms with E-state index in [2.05, 4.69) is 17.0 Å². The molecular formula is C22H23N5O4S. The molecule has 0 radical (unpaired) electrons. The van der Waals surface area contributed by atoms with E-state index in [-0.39, 0.29) is 5.56 Å². The van der Waals surface area contributed by atoms with E-state index < -0.39 is 5.91 Å². The molecule has 0 aliphatic rings. The fourth-order valence-corrected chi connectivity index (χ4v) is 4.49. The highest BCUT2D eigenvalue weighted by Gasteiger charge is 2.18. The summed E-state index contributed by atoms with van der Waals surface area (Å²) in [6, 6.07) is 9.01. The number of ether oxygens (including phenoxy) is 1. The molecule has 3 heterocycles. The minimum absolute atomic E-state index is 0.270. The zero-order valence-corrected chi connectivity index (χ0v) is 18.7. The van der Waals surface area contributed by atoms with Crippen LogP contribution in [-0.4, -0.2) is 37.5 Å². The first-order chi connectivity index (χ1) is 15.5. The summed E-state index contributed by atoms with van der Waals surface area (Å²) in [7, 11) is 1.74. The lowest BCUT2D eigenvalue weighted by atomic mass is 10.1. The fourth-order valence-electron chi connectivity index (χ4n) is 3.60. The Hall–Kier alpha value is -3.50. The summed E-state index contributed by atoms with van der Waals surface area (Å²) in [5, 5.41) is 13.3. The average molecular weight is 454 g/mol. The second-order valence-electron chi connectivity index (χ2n) is 7.18. The van der Waals surface area contributed by atoms with Gasteiger partial charge in [-0.15, -0.1) is 11.3 Å². The third-order valence-electron chi connectivity index (χ3n) is 5.00. The van der Waals surface area contributed by atoms with Crippen LogP contribution in [0.4, 0.5) is 0 Å². The SMILES string of the molecule is CCCc1nn(C)c2c(=O)[nH]c(-c3cc(-c4ccc(C(=O)NO)s4)ccc3OCC)nc12. The predicted octanol–water partition coefficient (Wildman–Crippen LogP) is 3.52. The fraction of sp³-hybridized carbons (Fsp3) is 0.273. The Balaban J connectivity index is 1.88. The topological polar surface area (TPSA) is 122 Å². The van der Waals surface area contributed by atoms with Crippen molar-refractivity contribution < 1.29 is 14.7 Å². The van der Waals surface area contributed by atoms with Gasteiger partial charge in [0, 0.05) is 11.9 Å². The van der Waals surface area contributed by atoms with E-state index in [0.717, 1.165) is 29.0 Å². The molecule has 3 N–H and O–H groups in total. The number of thiophene rings is 1. The molecule has 1 aromatic carbocycles. The highest BCUT2D eigenvalue weighted by atomic mass is 32.1. The van der Waals surface area contributed by atoms with E-state index in [1.165, 1.54) is 11.3 Å². The Bertz CT molecular complexity index is 1350. The van der Waals surface area contributed by atoms with E-state index in [1.807, 2.05) is 25.1 Å². The number of fused-ring (bicyclic) bond motifs is 1. The van der Waals surface area contributed by atoms with E-state index in [9.17, 15) is 9.59 Å². The predicted molar refractivity (Wildman–Crippen MR) is 122 cm³/mol. The molecule has 0 bridgehead atoms. The van der Waals surface area contributed by atoms with Crippen molar-refractivity contribution >= 4 is 28.3 Å². The number of amides is 1. The number of nitrogens with zero attached hydrogens (tertiary/aromatic N) is 3. The van der Waals surface area contributed by atoms with Gasteiger partial charge in [-0.3, -0.25) is 19.5 Å². The first-order valence-corrected chi connectivity index (χ1v) is 11.1. The minimum atomic E-state index is -0.566. The maximum absolute atomic E-state index is 12.9. The number of rotatable bonds is 7. The molecule has 9 nitrogen and oxygen atoms in total. The molecule has 0 atom stereocenters. The summed E-state index contributed by atoms with van der Waals surface area (Å²) in [6.45, 7) is 4.39. The zero-order valence-electron chi connectivity index (χ0n) is 17.9. The number of aryl methyl sites for hydroxylation is 2. The molecule has 4 rings (SSSR count). The molecule has 4 aromatic rings. The van der Waals surface area contributed by atoms with Crippen LogP contribution in [0.1, 0.15) is 35.6 Å². The van der Waals surface area contributed by atoms with Crippen molar-refractivity contribution in [1.82, 2.24) is 25.2 Å². The normalized spacial score (nSPS) is 11.1. The third-order valence-corrected chi connectivity index (χ3v) is 6.13. The minimum Gasteiger partial charge on any atom is -0.493 e. The highest BCUT2D eigenvalue weighted by molar-refractivity contribution is 7.17. The maximum atomic E-state index is 12.9. The summed E-state index contributed by atoms with van der Waals surface area (Å²) in [4.78, 5) is 33.4. The Morgan fingerprint density at radius 1 is 1.28 bits per heavy atom. The molecule has 10 heteroatoms. The number of aromatic nitrogens is 4. The molecule has 166 valence electrons. The Morgan fingerprint density at radius 3 is 2.81 bits per heavy atom. The van der Waals surface area contributed by atoms with Crippen LogP contribution in [0, 0.1) is 0 Å². The number of hydroxylamine groups is 1. The van der Waals surface area contributed by atoms with Gasteiger partial charge in [-0.05, 0) is 49.2 Å². The molecule has 0 unspecified atom stereocenters. The van der Waals surface area contributed by atoms with Crippen LogP contribution in [0.15, 0.2) is 35.1 Å². The van der Waals surface area contributed by atoms with Gasteiger partial charge in [-0.2, -0.15) is 5.10 Å². The van der Waals surface area contributed by atoms with Gasteiger partial charge in [0.15, 0.2) is 5.52 Å². The van der Waals surface area contributed by atoms with Crippen molar-refractivity contribution in [2.45, 2.75) is 26.7 Å². The number of carbonyl (C=O) groups is 1. The summed E-state index contributed by atoms with van der Waals surface area (Å²) < 4.78 is 7.37. The molecule has 0 saturated carbocycles. The average Bonchev–Trinajstić information content (AvgIpc) is 3.39. The van der Waals surface area contributed by atoms with Crippen LogP contribution in [0.25, 0.3) is 32.9 Å². The van der Waals surface area contributed by atoms with Gasteiger partial charge >= 0.3 is 0 Å². The smallest absolute Gasteiger partial charge is 0.284 e. The van der Waals surface area contributed by atoms with Crippen LogP contribution in [0.5, 0.6) is 5.75 Å². The van der Waals surface area contributed by atoms with Crippen molar-refractivity contribution in [3.8, 4) is 27.6 Å². The Morgan fingerprint density at radius 2 is 2.09 bits per heavy atom. The second-order valence-corrected chi connectivity index (χ2v) is 8.26. The van der Waals surface area contributed by atoms with E-state index in [1.54, 1.807) is 29.3 Å². The van der Waals surface area contributed by atoms with Crippen molar-refractivity contribution in [2.75, 3.05) is 6.61 Å². The van der Waals surface area contributed by atoms with Crippen molar-refractivity contribution in [3.05, 3.63) is 51.3 Å². The second kappa shape index (κ2) is 8.93. The number of hydrogen-bond donors (Lipinski definition) is 3. The van der Waals surface area contributed by atoms with Crippen LogP contribution in [0.2, 0.25) is 0 Å². The molecule has 0 fully saturated rings. The summed E-state index contributed by atoms with van der Waals surface area (Å²) >= 11 is 1.24. The van der Waals surface area contributed by atoms with Crippen molar-refractivity contribution in [2.24, 2.45) is 7.05 Å². The first-order valence-electron chi connectivity index (χ1n) is 10.2. The van der Waals surface area contributed by atoms with Crippen LogP contribution < -0.4 is 15.8 Å². The lowest BCUT2D eigenvalue weighted by molar-refractivity contribution is 0.0711. The first kappa shape index (κ1) is 21.7. The maximum Gasteiger partial charge on any atom is 0.284 e. The third kappa shape index (κ3) is 3.90. The van der Waals surface area contributed by atoms with Gasteiger partial charge < -0.3 is 9.72 Å². The van der Waals surface area contributed by atoms with Crippen LogP contribution >= 0.6 is 11.3 Å². The number of H-pyrrole nitrogens is 1. The van der Waals surface area contributed by atoms with Crippen molar-refractivity contribution in [3.63, 3.8) is 0 Å². The van der Waals surface area contributed by atoms with Gasteiger partial charge in [0.05, 0.1) is 22.7 Å². The Labute approximate surface area is 187 Å². The monoisotopic (exact) mass is 453 g/mol. The Kier molecular flexibility index (Phi) is 6.06. The molecule has 0 saturated heterocycles. The van der Waals surface area contributed by atoms with E-state index in [0.29, 0.717) is 39.7 Å². The number of nitrogens with one attached hydrogen (secondary N) is 2. The number of benzene rings is 1. The zero-order chi connectivity index (χ0) is 22.8. The quantitative estimate of drug-likeness (QED) is 0.291. The number of aromatic amines is 1. The molecule has 32 heavy (non-hydrogen) atoms. The van der Waals surface area contributed by atoms with E-state index >= 15 is 0 Å².